The van der Waals surface area contributed by atoms with Gasteiger partial charge in [-0.3, -0.25) is 9.69 Å². The summed E-state index contributed by atoms with van der Waals surface area (Å²) in [4.78, 5) is 15.1. The molecule has 1 N–H and O–H groups in total. The zero-order valence-electron chi connectivity index (χ0n) is 16.8. The predicted molar refractivity (Wildman–Crippen MR) is 114 cm³/mol. The van der Waals surface area contributed by atoms with Crippen molar-refractivity contribution >= 4 is 5.91 Å². The molecular weight excluding hydrogens is 362 g/mol. The van der Waals surface area contributed by atoms with Gasteiger partial charge in [0.2, 0.25) is 0 Å². The van der Waals surface area contributed by atoms with Crippen LogP contribution in [0.5, 0.6) is 0 Å². The minimum absolute atomic E-state index is 0.174. The van der Waals surface area contributed by atoms with Gasteiger partial charge in [-0.05, 0) is 43.5 Å². The summed E-state index contributed by atoms with van der Waals surface area (Å²) >= 11 is 0. The standard InChI is InChI=1S/C24H27N3O2/c1-2-18-10-12-19(13-11-18)22(27-14-6-7-15-27)17-25-24(28)21-16-23(29-26-21)20-8-4-3-5-9-20/h3-5,8-13,16,22H,2,6-7,14-15,17H2,1H3,(H,25,28). The number of aryl methyl sites for hydroxylation is 1. The number of carbonyl (C=O) groups excluding carboxylic acids is 1. The molecule has 5 nitrogen and oxygen atoms in total. The Morgan fingerprint density at radius 1 is 1.10 bits per heavy atom. The molecule has 1 aliphatic rings. The lowest BCUT2D eigenvalue weighted by Crippen LogP contribution is -2.36. The molecule has 3 aromatic rings. The van der Waals surface area contributed by atoms with E-state index >= 15 is 0 Å². The first kappa shape index (κ1) is 19.4. The highest BCUT2D eigenvalue weighted by molar-refractivity contribution is 5.93. The van der Waals surface area contributed by atoms with E-state index in [1.54, 1.807) is 6.07 Å². The van der Waals surface area contributed by atoms with Gasteiger partial charge in [0.05, 0.1) is 6.04 Å². The fraction of sp³-hybridized carbons (Fsp3) is 0.333. The quantitative estimate of drug-likeness (QED) is 0.648. The molecule has 2 aromatic carbocycles. The molecule has 1 amide bonds. The van der Waals surface area contributed by atoms with Gasteiger partial charge in [-0.15, -0.1) is 0 Å². The third-order valence-electron chi connectivity index (χ3n) is 5.61. The second kappa shape index (κ2) is 9.05. The van der Waals surface area contributed by atoms with E-state index in [1.807, 2.05) is 30.3 Å². The smallest absolute Gasteiger partial charge is 0.273 e. The fourth-order valence-electron chi connectivity index (χ4n) is 3.89. The van der Waals surface area contributed by atoms with Crippen molar-refractivity contribution in [2.75, 3.05) is 19.6 Å². The van der Waals surface area contributed by atoms with Gasteiger partial charge in [0.1, 0.15) is 0 Å². The average molecular weight is 389 g/mol. The van der Waals surface area contributed by atoms with Crippen molar-refractivity contribution < 1.29 is 9.32 Å². The van der Waals surface area contributed by atoms with Gasteiger partial charge in [-0.2, -0.15) is 0 Å². The van der Waals surface area contributed by atoms with Crippen molar-refractivity contribution in [2.45, 2.75) is 32.2 Å². The van der Waals surface area contributed by atoms with Crippen LogP contribution in [0.4, 0.5) is 0 Å². The molecule has 29 heavy (non-hydrogen) atoms. The zero-order chi connectivity index (χ0) is 20.1. The summed E-state index contributed by atoms with van der Waals surface area (Å²) in [5.74, 6) is 0.396. The van der Waals surface area contributed by atoms with Crippen LogP contribution in [0, 0.1) is 0 Å². The Hall–Kier alpha value is -2.92. The summed E-state index contributed by atoms with van der Waals surface area (Å²) in [7, 11) is 0. The minimum Gasteiger partial charge on any atom is -0.355 e. The Balaban J connectivity index is 1.45. The summed E-state index contributed by atoms with van der Waals surface area (Å²) in [6, 6.07) is 20.3. The number of amides is 1. The van der Waals surface area contributed by atoms with Crippen LogP contribution in [0.1, 0.15) is 47.4 Å². The van der Waals surface area contributed by atoms with Crippen molar-refractivity contribution in [2.24, 2.45) is 0 Å². The fourth-order valence-corrected chi connectivity index (χ4v) is 3.89. The second-order valence-electron chi connectivity index (χ2n) is 7.51. The molecule has 0 radical (unpaired) electrons. The molecule has 1 atom stereocenters. The number of rotatable bonds is 7. The molecule has 1 fully saturated rings. The maximum absolute atomic E-state index is 12.7. The molecule has 1 unspecified atom stereocenters. The third-order valence-corrected chi connectivity index (χ3v) is 5.61. The molecule has 0 saturated carbocycles. The van der Waals surface area contributed by atoms with Crippen LogP contribution in [-0.4, -0.2) is 35.6 Å². The number of hydrogen-bond acceptors (Lipinski definition) is 4. The van der Waals surface area contributed by atoms with Crippen LogP contribution in [0.25, 0.3) is 11.3 Å². The number of benzene rings is 2. The molecule has 150 valence electrons. The lowest BCUT2D eigenvalue weighted by Gasteiger charge is -2.28. The van der Waals surface area contributed by atoms with Crippen LogP contribution in [-0.2, 0) is 6.42 Å². The van der Waals surface area contributed by atoms with E-state index in [9.17, 15) is 4.79 Å². The molecule has 0 bridgehead atoms. The van der Waals surface area contributed by atoms with Crippen LogP contribution < -0.4 is 5.32 Å². The van der Waals surface area contributed by atoms with E-state index < -0.39 is 0 Å². The highest BCUT2D eigenvalue weighted by Gasteiger charge is 2.24. The maximum atomic E-state index is 12.7. The number of nitrogens with one attached hydrogen (secondary N) is 1. The van der Waals surface area contributed by atoms with Gasteiger partial charge in [-0.25, -0.2) is 0 Å². The van der Waals surface area contributed by atoms with Crippen molar-refractivity contribution in [3.63, 3.8) is 0 Å². The Morgan fingerprint density at radius 2 is 1.83 bits per heavy atom. The number of hydrogen-bond donors (Lipinski definition) is 1. The van der Waals surface area contributed by atoms with Gasteiger partial charge in [-0.1, -0.05) is 66.7 Å². The maximum Gasteiger partial charge on any atom is 0.273 e. The SMILES string of the molecule is CCc1ccc(C(CNC(=O)c2cc(-c3ccccc3)on2)N2CCCC2)cc1. The molecule has 0 spiro atoms. The van der Waals surface area contributed by atoms with Crippen molar-refractivity contribution in [1.29, 1.82) is 0 Å². The monoisotopic (exact) mass is 389 g/mol. The molecule has 4 rings (SSSR count). The summed E-state index contributed by atoms with van der Waals surface area (Å²) in [6.07, 6.45) is 3.45. The molecule has 1 saturated heterocycles. The summed E-state index contributed by atoms with van der Waals surface area (Å²) in [6.45, 7) is 4.85. The summed E-state index contributed by atoms with van der Waals surface area (Å²) in [5.41, 5.74) is 3.79. The molecule has 2 heterocycles. The lowest BCUT2D eigenvalue weighted by atomic mass is 10.0. The number of nitrogens with zero attached hydrogens (tertiary/aromatic N) is 2. The van der Waals surface area contributed by atoms with Crippen LogP contribution in [0.2, 0.25) is 0 Å². The van der Waals surface area contributed by atoms with Gasteiger partial charge < -0.3 is 9.84 Å². The number of carbonyl (C=O) groups is 1. The molecule has 1 aliphatic heterocycles. The van der Waals surface area contributed by atoms with Gasteiger partial charge in [0.15, 0.2) is 11.5 Å². The number of aromatic nitrogens is 1. The highest BCUT2D eigenvalue weighted by atomic mass is 16.5. The highest BCUT2D eigenvalue weighted by Crippen LogP contribution is 2.25. The Bertz CT molecular complexity index is 928. The van der Waals surface area contributed by atoms with Gasteiger partial charge >= 0.3 is 0 Å². The van der Waals surface area contributed by atoms with Gasteiger partial charge in [0, 0.05) is 18.2 Å². The van der Waals surface area contributed by atoms with Crippen molar-refractivity contribution in [3.8, 4) is 11.3 Å². The summed E-state index contributed by atoms with van der Waals surface area (Å²) < 4.78 is 5.37. The second-order valence-corrected chi connectivity index (χ2v) is 7.51. The zero-order valence-corrected chi connectivity index (χ0v) is 16.8. The van der Waals surface area contributed by atoms with Crippen LogP contribution >= 0.6 is 0 Å². The third kappa shape index (κ3) is 4.57. The van der Waals surface area contributed by atoms with E-state index in [4.69, 9.17) is 4.52 Å². The Morgan fingerprint density at radius 3 is 2.52 bits per heavy atom. The first-order chi connectivity index (χ1) is 14.2. The predicted octanol–water partition coefficient (Wildman–Crippen LogP) is 4.47. The molecule has 5 heteroatoms. The molecule has 1 aromatic heterocycles. The summed E-state index contributed by atoms with van der Waals surface area (Å²) in [5, 5.41) is 7.03. The lowest BCUT2D eigenvalue weighted by molar-refractivity contribution is 0.0929. The first-order valence-electron chi connectivity index (χ1n) is 10.4. The average Bonchev–Trinajstić information content (AvgIpc) is 3.47. The van der Waals surface area contributed by atoms with E-state index in [0.29, 0.717) is 18.0 Å². The van der Waals surface area contributed by atoms with E-state index in [0.717, 1.165) is 25.1 Å². The largest absolute Gasteiger partial charge is 0.355 e. The minimum atomic E-state index is -0.203. The normalized spacial score (nSPS) is 15.3. The van der Waals surface area contributed by atoms with Crippen LogP contribution in [0.15, 0.2) is 65.2 Å². The Labute approximate surface area is 171 Å². The molecule has 0 aliphatic carbocycles. The molecular formula is C24H27N3O2. The van der Waals surface area contributed by atoms with E-state index in [1.165, 1.54) is 24.0 Å². The van der Waals surface area contributed by atoms with Crippen LogP contribution in [0.3, 0.4) is 0 Å². The van der Waals surface area contributed by atoms with Crippen molar-refractivity contribution in [3.05, 3.63) is 77.5 Å². The van der Waals surface area contributed by atoms with E-state index in [-0.39, 0.29) is 11.9 Å². The van der Waals surface area contributed by atoms with Crippen molar-refractivity contribution in [1.82, 2.24) is 15.4 Å². The number of likely N-dealkylation sites (tertiary alicyclic amines) is 1. The van der Waals surface area contributed by atoms with Gasteiger partial charge in [0.25, 0.3) is 5.91 Å². The Kier molecular flexibility index (Phi) is 6.06. The topological polar surface area (TPSA) is 58.4 Å². The van der Waals surface area contributed by atoms with E-state index in [2.05, 4.69) is 46.6 Å². The first-order valence-corrected chi connectivity index (χ1v) is 10.4.